The highest BCUT2D eigenvalue weighted by Gasteiger charge is 2.42. The molecule has 7 heteroatoms. The van der Waals surface area contributed by atoms with Gasteiger partial charge in [-0.2, -0.15) is 0 Å². The maximum absolute atomic E-state index is 12.7. The summed E-state index contributed by atoms with van der Waals surface area (Å²) in [5.41, 5.74) is 1.02. The second-order valence-electron chi connectivity index (χ2n) is 7.58. The van der Waals surface area contributed by atoms with Crippen molar-refractivity contribution < 1.29 is 14.3 Å². The van der Waals surface area contributed by atoms with Crippen LogP contribution in [0.4, 0.5) is 0 Å². The van der Waals surface area contributed by atoms with Gasteiger partial charge in [-0.05, 0) is 24.3 Å². The van der Waals surface area contributed by atoms with Crippen molar-refractivity contribution in [3.8, 4) is 0 Å². The maximum atomic E-state index is 12.7. The molecule has 3 fully saturated rings. The van der Waals surface area contributed by atoms with Crippen molar-refractivity contribution in [2.45, 2.75) is 25.4 Å². The Morgan fingerprint density at radius 1 is 1.19 bits per heavy atom. The van der Waals surface area contributed by atoms with Crippen molar-refractivity contribution in [1.29, 1.82) is 0 Å². The number of carbonyl (C=O) groups excluding carboxylic acids is 1. The Morgan fingerprint density at radius 3 is 2.81 bits per heavy atom. The lowest BCUT2D eigenvalue weighted by Crippen LogP contribution is -2.48. The van der Waals surface area contributed by atoms with E-state index in [-0.39, 0.29) is 12.0 Å². The summed E-state index contributed by atoms with van der Waals surface area (Å²) in [6.07, 6.45) is 7.63. The van der Waals surface area contributed by atoms with Crippen LogP contribution in [-0.2, 0) is 20.7 Å². The highest BCUT2D eigenvalue weighted by Crippen LogP contribution is 2.35. The van der Waals surface area contributed by atoms with Gasteiger partial charge in [0.05, 0.1) is 25.9 Å². The molecule has 0 N–H and O–H groups in total. The number of piperidine rings is 1. The molecule has 1 amide bonds. The molecule has 3 saturated heterocycles. The third kappa shape index (κ3) is 4.22. The smallest absolute Gasteiger partial charge is 0.222 e. The SMILES string of the molecule is O=C(CCc1cncnc1)N1CC[C@H]2CO[C@H](CN3CCOCC3)[C@H]2C1. The predicted octanol–water partition coefficient (Wildman–Crippen LogP) is 0.605. The Kier molecular flexibility index (Phi) is 5.77. The molecule has 3 aliphatic heterocycles. The Labute approximate surface area is 154 Å². The molecule has 4 rings (SSSR count). The van der Waals surface area contributed by atoms with E-state index in [0.717, 1.165) is 64.5 Å². The van der Waals surface area contributed by atoms with Crippen LogP contribution >= 0.6 is 0 Å². The highest BCUT2D eigenvalue weighted by atomic mass is 16.5. The molecule has 3 atom stereocenters. The van der Waals surface area contributed by atoms with Gasteiger partial charge in [-0.1, -0.05) is 0 Å². The topological polar surface area (TPSA) is 67.8 Å². The first kappa shape index (κ1) is 17.8. The van der Waals surface area contributed by atoms with Crippen molar-refractivity contribution in [2.75, 3.05) is 52.5 Å². The standard InChI is InChI=1S/C19H28N4O3/c24-19(2-1-15-9-20-14-21-10-15)23-4-3-16-13-26-18(17(16)11-23)12-22-5-7-25-8-6-22/h9-10,14,16-18H,1-8,11-13H2/t16-,17-,18+/m0/s1. The average Bonchev–Trinajstić information content (AvgIpc) is 3.10. The van der Waals surface area contributed by atoms with Gasteiger partial charge in [-0.25, -0.2) is 9.97 Å². The predicted molar refractivity (Wildman–Crippen MR) is 95.5 cm³/mol. The molecule has 0 bridgehead atoms. The third-order valence-corrected chi connectivity index (χ3v) is 5.94. The Bertz CT molecular complexity index is 594. The van der Waals surface area contributed by atoms with Gasteiger partial charge in [0.15, 0.2) is 0 Å². The van der Waals surface area contributed by atoms with Gasteiger partial charge in [0.2, 0.25) is 5.91 Å². The summed E-state index contributed by atoms with van der Waals surface area (Å²) < 4.78 is 11.6. The number of hydrogen-bond acceptors (Lipinski definition) is 6. The van der Waals surface area contributed by atoms with Gasteiger partial charge in [0.25, 0.3) is 0 Å². The summed E-state index contributed by atoms with van der Waals surface area (Å²) in [5, 5.41) is 0. The van der Waals surface area contributed by atoms with Crippen LogP contribution in [0.3, 0.4) is 0 Å². The quantitative estimate of drug-likeness (QED) is 0.766. The molecule has 0 saturated carbocycles. The van der Waals surface area contributed by atoms with Crippen LogP contribution in [0.5, 0.6) is 0 Å². The van der Waals surface area contributed by atoms with Crippen LogP contribution in [0.2, 0.25) is 0 Å². The van der Waals surface area contributed by atoms with E-state index in [1.807, 2.05) is 4.90 Å². The number of ether oxygens (including phenoxy) is 2. The zero-order valence-electron chi connectivity index (χ0n) is 15.3. The Hall–Kier alpha value is -1.57. The molecule has 4 heterocycles. The lowest BCUT2D eigenvalue weighted by Gasteiger charge is -2.37. The van der Waals surface area contributed by atoms with Gasteiger partial charge in [-0.3, -0.25) is 9.69 Å². The lowest BCUT2D eigenvalue weighted by molar-refractivity contribution is -0.133. The van der Waals surface area contributed by atoms with E-state index in [4.69, 9.17) is 9.47 Å². The molecule has 1 aromatic heterocycles. The van der Waals surface area contributed by atoms with Crippen molar-refractivity contribution in [3.05, 3.63) is 24.3 Å². The number of aryl methyl sites for hydroxylation is 1. The second-order valence-corrected chi connectivity index (χ2v) is 7.58. The van der Waals surface area contributed by atoms with E-state index in [1.165, 1.54) is 6.33 Å². The van der Waals surface area contributed by atoms with E-state index >= 15 is 0 Å². The molecule has 0 aliphatic carbocycles. The molecule has 0 radical (unpaired) electrons. The van der Waals surface area contributed by atoms with E-state index in [0.29, 0.717) is 24.7 Å². The van der Waals surface area contributed by atoms with Crippen molar-refractivity contribution >= 4 is 5.91 Å². The van der Waals surface area contributed by atoms with Crippen LogP contribution in [0, 0.1) is 11.8 Å². The third-order valence-electron chi connectivity index (χ3n) is 5.94. The largest absolute Gasteiger partial charge is 0.379 e. The number of hydrogen-bond donors (Lipinski definition) is 0. The van der Waals surface area contributed by atoms with Gasteiger partial charge < -0.3 is 14.4 Å². The zero-order valence-corrected chi connectivity index (χ0v) is 15.3. The average molecular weight is 360 g/mol. The molecule has 1 aromatic rings. The molecule has 26 heavy (non-hydrogen) atoms. The monoisotopic (exact) mass is 360 g/mol. The number of likely N-dealkylation sites (tertiary alicyclic amines) is 1. The number of nitrogens with zero attached hydrogens (tertiary/aromatic N) is 4. The summed E-state index contributed by atoms with van der Waals surface area (Å²) in [4.78, 5) is 25.2. The van der Waals surface area contributed by atoms with E-state index < -0.39 is 0 Å². The summed E-state index contributed by atoms with van der Waals surface area (Å²) in [7, 11) is 0. The summed E-state index contributed by atoms with van der Waals surface area (Å²) in [5.74, 6) is 1.31. The van der Waals surface area contributed by atoms with Crippen LogP contribution in [0.15, 0.2) is 18.7 Å². The molecule has 0 aromatic carbocycles. The van der Waals surface area contributed by atoms with Gasteiger partial charge in [0.1, 0.15) is 6.33 Å². The normalized spacial score (nSPS) is 29.5. The lowest BCUT2D eigenvalue weighted by atomic mass is 9.84. The van der Waals surface area contributed by atoms with Gasteiger partial charge >= 0.3 is 0 Å². The first-order valence-electron chi connectivity index (χ1n) is 9.73. The highest BCUT2D eigenvalue weighted by molar-refractivity contribution is 5.76. The molecule has 7 nitrogen and oxygen atoms in total. The van der Waals surface area contributed by atoms with E-state index in [9.17, 15) is 4.79 Å². The fraction of sp³-hybridized carbons (Fsp3) is 0.737. The number of aromatic nitrogens is 2. The minimum Gasteiger partial charge on any atom is -0.379 e. The maximum Gasteiger partial charge on any atom is 0.222 e. The van der Waals surface area contributed by atoms with Gasteiger partial charge in [0, 0.05) is 57.5 Å². The summed E-state index contributed by atoms with van der Waals surface area (Å²) >= 11 is 0. The molecule has 0 unspecified atom stereocenters. The van der Waals surface area contributed by atoms with Crippen molar-refractivity contribution in [2.24, 2.45) is 11.8 Å². The molecule has 0 spiro atoms. The van der Waals surface area contributed by atoms with Crippen LogP contribution < -0.4 is 0 Å². The Balaban J connectivity index is 1.30. The fourth-order valence-corrected chi connectivity index (χ4v) is 4.35. The Morgan fingerprint density at radius 2 is 2.00 bits per heavy atom. The van der Waals surface area contributed by atoms with E-state index in [1.54, 1.807) is 12.4 Å². The summed E-state index contributed by atoms with van der Waals surface area (Å²) in [6, 6.07) is 0. The first-order chi connectivity index (χ1) is 12.8. The first-order valence-corrected chi connectivity index (χ1v) is 9.73. The molecular weight excluding hydrogens is 332 g/mol. The van der Waals surface area contributed by atoms with Gasteiger partial charge in [-0.15, -0.1) is 0 Å². The number of morpholine rings is 1. The minimum atomic E-state index is 0.240. The number of rotatable bonds is 5. The fourth-order valence-electron chi connectivity index (χ4n) is 4.35. The molecule has 142 valence electrons. The number of carbonyl (C=O) groups is 1. The molecular formula is C19H28N4O3. The number of amides is 1. The van der Waals surface area contributed by atoms with E-state index in [2.05, 4.69) is 14.9 Å². The second kappa shape index (κ2) is 8.41. The van der Waals surface area contributed by atoms with Crippen LogP contribution in [0.25, 0.3) is 0 Å². The zero-order chi connectivity index (χ0) is 17.8. The van der Waals surface area contributed by atoms with Crippen LogP contribution in [-0.4, -0.2) is 84.3 Å². The van der Waals surface area contributed by atoms with Crippen molar-refractivity contribution in [1.82, 2.24) is 19.8 Å². The summed E-state index contributed by atoms with van der Waals surface area (Å²) in [6.45, 7) is 7.11. The minimum absolute atomic E-state index is 0.240. The number of fused-ring (bicyclic) bond motifs is 1. The van der Waals surface area contributed by atoms with Crippen LogP contribution in [0.1, 0.15) is 18.4 Å². The van der Waals surface area contributed by atoms with Crippen molar-refractivity contribution in [3.63, 3.8) is 0 Å². The molecule has 3 aliphatic rings.